The van der Waals surface area contributed by atoms with E-state index in [0.717, 1.165) is 19.5 Å². The maximum atomic E-state index is 12.3. The topological polar surface area (TPSA) is 46.6 Å². The Morgan fingerprint density at radius 2 is 2.00 bits per heavy atom. The number of carbonyl (C=O) groups is 2. The van der Waals surface area contributed by atoms with E-state index in [1.807, 2.05) is 0 Å². The van der Waals surface area contributed by atoms with Gasteiger partial charge in [-0.2, -0.15) is 0 Å². The van der Waals surface area contributed by atoms with E-state index >= 15 is 0 Å². The standard InChI is InChI=1S/C15H27NO3/c1-6-19-14(18)15(4,5)13(17)10-16-8-7-12(9-16)11(2)3/h11-12H,6-10H2,1-5H3. The number of ether oxygens (including phenoxy) is 1. The second-order valence-electron chi connectivity index (χ2n) is 6.30. The molecule has 1 rings (SSSR count). The summed E-state index contributed by atoms with van der Waals surface area (Å²) in [5, 5.41) is 0. The molecule has 1 unspecified atom stereocenters. The average molecular weight is 269 g/mol. The van der Waals surface area contributed by atoms with E-state index in [0.29, 0.717) is 25.0 Å². The minimum atomic E-state index is -1.04. The molecule has 1 aliphatic heterocycles. The summed E-state index contributed by atoms with van der Waals surface area (Å²) < 4.78 is 4.97. The molecule has 0 aliphatic carbocycles. The fourth-order valence-electron chi connectivity index (χ4n) is 2.38. The first kappa shape index (κ1) is 16.2. The van der Waals surface area contributed by atoms with E-state index < -0.39 is 11.4 Å². The first-order valence-electron chi connectivity index (χ1n) is 7.21. The van der Waals surface area contributed by atoms with E-state index in [4.69, 9.17) is 4.74 Å². The van der Waals surface area contributed by atoms with Gasteiger partial charge in [0, 0.05) is 6.54 Å². The molecule has 110 valence electrons. The zero-order valence-electron chi connectivity index (χ0n) is 12.9. The highest BCUT2D eigenvalue weighted by atomic mass is 16.5. The van der Waals surface area contributed by atoms with Gasteiger partial charge in [0.2, 0.25) is 0 Å². The predicted octanol–water partition coefficient (Wildman–Crippen LogP) is 2.12. The van der Waals surface area contributed by atoms with Gasteiger partial charge in [-0.15, -0.1) is 0 Å². The molecule has 0 aromatic heterocycles. The Hall–Kier alpha value is -0.900. The summed E-state index contributed by atoms with van der Waals surface area (Å²) >= 11 is 0. The summed E-state index contributed by atoms with van der Waals surface area (Å²) in [6.07, 6.45) is 1.14. The van der Waals surface area contributed by atoms with Gasteiger partial charge < -0.3 is 4.74 Å². The van der Waals surface area contributed by atoms with Crippen LogP contribution in [0.4, 0.5) is 0 Å². The van der Waals surface area contributed by atoms with Crippen molar-refractivity contribution in [1.29, 1.82) is 0 Å². The third kappa shape index (κ3) is 4.03. The van der Waals surface area contributed by atoms with E-state index in [1.165, 1.54) is 0 Å². The van der Waals surface area contributed by atoms with Crippen LogP contribution in [0, 0.1) is 17.3 Å². The highest BCUT2D eigenvalue weighted by Crippen LogP contribution is 2.25. The highest BCUT2D eigenvalue weighted by Gasteiger charge is 2.39. The van der Waals surface area contributed by atoms with Crippen LogP contribution in [0.3, 0.4) is 0 Å². The number of hydrogen-bond acceptors (Lipinski definition) is 4. The first-order chi connectivity index (χ1) is 8.78. The molecule has 0 bridgehead atoms. The normalized spacial score (nSPS) is 20.8. The number of rotatable bonds is 6. The van der Waals surface area contributed by atoms with Crippen LogP contribution < -0.4 is 0 Å². The van der Waals surface area contributed by atoms with E-state index in [2.05, 4.69) is 18.7 Å². The number of esters is 1. The van der Waals surface area contributed by atoms with Crippen LogP contribution in [0.25, 0.3) is 0 Å². The van der Waals surface area contributed by atoms with E-state index in [-0.39, 0.29) is 5.78 Å². The minimum Gasteiger partial charge on any atom is -0.465 e. The molecule has 1 fully saturated rings. The lowest BCUT2D eigenvalue weighted by Crippen LogP contribution is -2.41. The summed E-state index contributed by atoms with van der Waals surface area (Å²) in [4.78, 5) is 26.2. The van der Waals surface area contributed by atoms with Crippen molar-refractivity contribution in [3.8, 4) is 0 Å². The zero-order valence-corrected chi connectivity index (χ0v) is 12.9. The predicted molar refractivity (Wildman–Crippen MR) is 74.8 cm³/mol. The summed E-state index contributed by atoms with van der Waals surface area (Å²) in [7, 11) is 0. The molecule has 0 spiro atoms. The van der Waals surface area contributed by atoms with Crippen LogP contribution in [0.1, 0.15) is 41.0 Å². The van der Waals surface area contributed by atoms with Crippen LogP contribution >= 0.6 is 0 Å². The fourth-order valence-corrected chi connectivity index (χ4v) is 2.38. The summed E-state index contributed by atoms with van der Waals surface area (Å²) in [5.41, 5.74) is -1.04. The lowest BCUT2D eigenvalue weighted by molar-refractivity contribution is -0.158. The molecule has 1 aliphatic rings. The van der Waals surface area contributed by atoms with Gasteiger partial charge in [-0.25, -0.2) is 0 Å². The Morgan fingerprint density at radius 1 is 1.37 bits per heavy atom. The number of carbonyl (C=O) groups excluding carboxylic acids is 2. The number of nitrogens with zero attached hydrogens (tertiary/aromatic N) is 1. The van der Waals surface area contributed by atoms with Crippen molar-refractivity contribution >= 4 is 11.8 Å². The summed E-state index contributed by atoms with van der Waals surface area (Å²) in [5.74, 6) is 0.853. The van der Waals surface area contributed by atoms with Gasteiger partial charge in [-0.05, 0) is 45.6 Å². The molecule has 0 amide bonds. The lowest BCUT2D eigenvalue weighted by atomic mass is 9.88. The van der Waals surface area contributed by atoms with Crippen molar-refractivity contribution in [2.24, 2.45) is 17.3 Å². The molecular weight excluding hydrogens is 242 g/mol. The SMILES string of the molecule is CCOC(=O)C(C)(C)C(=O)CN1CCC(C(C)C)C1. The molecule has 0 aromatic carbocycles. The second kappa shape index (κ2) is 6.51. The molecule has 19 heavy (non-hydrogen) atoms. The Labute approximate surface area is 116 Å². The van der Waals surface area contributed by atoms with E-state index in [9.17, 15) is 9.59 Å². The van der Waals surface area contributed by atoms with Gasteiger partial charge in [-0.1, -0.05) is 13.8 Å². The van der Waals surface area contributed by atoms with Gasteiger partial charge >= 0.3 is 5.97 Å². The minimum absolute atomic E-state index is 0.0460. The smallest absolute Gasteiger partial charge is 0.319 e. The van der Waals surface area contributed by atoms with Crippen molar-refractivity contribution in [3.05, 3.63) is 0 Å². The molecule has 4 heteroatoms. The molecule has 1 atom stereocenters. The maximum absolute atomic E-state index is 12.3. The zero-order chi connectivity index (χ0) is 14.6. The monoisotopic (exact) mass is 269 g/mol. The van der Waals surface area contributed by atoms with Gasteiger partial charge in [0.1, 0.15) is 5.41 Å². The largest absolute Gasteiger partial charge is 0.465 e. The number of Topliss-reactive ketones (excluding diaryl/α,β-unsaturated/α-hetero) is 1. The van der Waals surface area contributed by atoms with Gasteiger partial charge in [0.15, 0.2) is 5.78 Å². The van der Waals surface area contributed by atoms with Gasteiger partial charge in [0.05, 0.1) is 13.2 Å². The lowest BCUT2D eigenvalue weighted by Gasteiger charge is -2.24. The van der Waals surface area contributed by atoms with Crippen molar-refractivity contribution in [2.75, 3.05) is 26.2 Å². The average Bonchev–Trinajstić information content (AvgIpc) is 2.77. The Bertz CT molecular complexity index is 336. The van der Waals surface area contributed by atoms with Crippen molar-refractivity contribution < 1.29 is 14.3 Å². The molecule has 0 aromatic rings. The Balaban J connectivity index is 2.53. The molecule has 1 saturated heterocycles. The third-order valence-electron chi connectivity index (χ3n) is 4.10. The quantitative estimate of drug-likeness (QED) is 0.547. The maximum Gasteiger partial charge on any atom is 0.319 e. The van der Waals surface area contributed by atoms with Crippen molar-refractivity contribution in [2.45, 2.75) is 41.0 Å². The summed E-state index contributed by atoms with van der Waals surface area (Å²) in [6.45, 7) is 12.1. The molecule has 4 nitrogen and oxygen atoms in total. The van der Waals surface area contributed by atoms with Crippen LogP contribution in [-0.2, 0) is 14.3 Å². The van der Waals surface area contributed by atoms with Crippen LogP contribution in [0.15, 0.2) is 0 Å². The number of hydrogen-bond donors (Lipinski definition) is 0. The Morgan fingerprint density at radius 3 is 2.47 bits per heavy atom. The van der Waals surface area contributed by atoms with Gasteiger partial charge in [-0.3, -0.25) is 14.5 Å². The first-order valence-corrected chi connectivity index (χ1v) is 7.21. The van der Waals surface area contributed by atoms with Crippen molar-refractivity contribution in [1.82, 2.24) is 4.90 Å². The Kier molecular flexibility index (Phi) is 5.53. The van der Waals surface area contributed by atoms with Crippen LogP contribution in [0.2, 0.25) is 0 Å². The molecule has 0 radical (unpaired) electrons. The molecule has 0 saturated carbocycles. The fraction of sp³-hybridized carbons (Fsp3) is 0.867. The number of likely N-dealkylation sites (tertiary alicyclic amines) is 1. The molecular formula is C15H27NO3. The molecule has 1 heterocycles. The van der Waals surface area contributed by atoms with Crippen LogP contribution in [-0.4, -0.2) is 42.9 Å². The summed E-state index contributed by atoms with van der Waals surface area (Å²) in [6, 6.07) is 0. The second-order valence-corrected chi connectivity index (χ2v) is 6.30. The molecule has 0 N–H and O–H groups in total. The third-order valence-corrected chi connectivity index (χ3v) is 4.10. The van der Waals surface area contributed by atoms with Gasteiger partial charge in [0.25, 0.3) is 0 Å². The van der Waals surface area contributed by atoms with Crippen molar-refractivity contribution in [3.63, 3.8) is 0 Å². The van der Waals surface area contributed by atoms with Crippen LogP contribution in [0.5, 0.6) is 0 Å². The highest BCUT2D eigenvalue weighted by molar-refractivity contribution is 6.03. The number of ketones is 1. The van der Waals surface area contributed by atoms with E-state index in [1.54, 1.807) is 20.8 Å².